The molecule has 0 spiro atoms. The first-order valence-corrected chi connectivity index (χ1v) is 5.09. The number of hydrogen-bond acceptors (Lipinski definition) is 4. The Bertz CT molecular complexity index is 674. The van der Waals surface area contributed by atoms with E-state index in [4.69, 9.17) is 14.7 Å². The zero-order chi connectivity index (χ0) is 13.3. The molecule has 0 amide bonds. The van der Waals surface area contributed by atoms with Crippen LogP contribution in [-0.2, 0) is 0 Å². The van der Waals surface area contributed by atoms with Gasteiger partial charge in [-0.05, 0) is 12.1 Å². The molecular formula is C12H11NO5. The highest BCUT2D eigenvalue weighted by Gasteiger charge is 2.15. The van der Waals surface area contributed by atoms with Gasteiger partial charge in [0.25, 0.3) is 0 Å². The Morgan fingerprint density at radius 2 is 2.06 bits per heavy atom. The molecule has 94 valence electrons. The smallest absolute Gasteiger partial charge is 0.341 e. The lowest BCUT2D eigenvalue weighted by atomic mass is 10.1. The predicted molar refractivity (Wildman–Crippen MR) is 64.2 cm³/mol. The monoisotopic (exact) mass is 249 g/mol. The van der Waals surface area contributed by atoms with Crippen molar-refractivity contribution in [3.8, 4) is 5.75 Å². The molecule has 0 saturated carbocycles. The highest BCUT2D eigenvalue weighted by molar-refractivity contribution is 5.92. The van der Waals surface area contributed by atoms with Gasteiger partial charge in [0.15, 0.2) is 0 Å². The van der Waals surface area contributed by atoms with Gasteiger partial charge in [0.1, 0.15) is 18.4 Å². The SMILES string of the molecule is COc1ccc2c(=O)c(C(=O)O)cn(OC)c2c1. The van der Waals surface area contributed by atoms with Crippen LogP contribution in [0.15, 0.2) is 29.2 Å². The maximum atomic E-state index is 11.9. The molecule has 1 N–H and O–H groups in total. The number of aromatic nitrogens is 1. The Labute approximate surface area is 102 Å². The minimum atomic E-state index is -1.29. The molecular weight excluding hydrogens is 238 g/mol. The van der Waals surface area contributed by atoms with Crippen LogP contribution in [0.5, 0.6) is 5.75 Å². The Morgan fingerprint density at radius 1 is 1.33 bits per heavy atom. The lowest BCUT2D eigenvalue weighted by Crippen LogP contribution is -2.21. The van der Waals surface area contributed by atoms with E-state index < -0.39 is 11.4 Å². The Kier molecular flexibility index (Phi) is 2.93. The first-order chi connectivity index (χ1) is 8.58. The summed E-state index contributed by atoms with van der Waals surface area (Å²) in [5, 5.41) is 9.21. The average molecular weight is 249 g/mol. The number of carbonyl (C=O) groups is 1. The maximum Gasteiger partial charge on any atom is 0.341 e. The number of fused-ring (bicyclic) bond motifs is 1. The molecule has 18 heavy (non-hydrogen) atoms. The summed E-state index contributed by atoms with van der Waals surface area (Å²) < 4.78 is 6.28. The molecule has 0 aliphatic heterocycles. The molecule has 0 unspecified atom stereocenters. The molecule has 0 bridgehead atoms. The standard InChI is InChI=1S/C12H11NO5/c1-17-7-3-4-8-10(5-7)13(18-2)6-9(11(8)14)12(15)16/h3-6H,1-2H3,(H,15,16). The number of ether oxygens (including phenoxy) is 1. The summed E-state index contributed by atoms with van der Waals surface area (Å²) in [7, 11) is 2.89. The number of aromatic carboxylic acids is 1. The van der Waals surface area contributed by atoms with Crippen LogP contribution in [0.25, 0.3) is 10.9 Å². The van der Waals surface area contributed by atoms with Gasteiger partial charge in [0.05, 0.1) is 24.2 Å². The number of hydrogen-bond donors (Lipinski definition) is 1. The summed E-state index contributed by atoms with van der Waals surface area (Å²) in [4.78, 5) is 27.9. The van der Waals surface area contributed by atoms with Crippen molar-refractivity contribution in [3.63, 3.8) is 0 Å². The van der Waals surface area contributed by atoms with Crippen LogP contribution < -0.4 is 15.0 Å². The van der Waals surface area contributed by atoms with E-state index in [0.29, 0.717) is 11.3 Å². The molecule has 2 aromatic rings. The van der Waals surface area contributed by atoms with Gasteiger partial charge in [-0.3, -0.25) is 4.79 Å². The second kappa shape index (κ2) is 4.40. The van der Waals surface area contributed by atoms with Gasteiger partial charge in [0, 0.05) is 6.07 Å². The Morgan fingerprint density at radius 3 is 2.61 bits per heavy atom. The van der Waals surface area contributed by atoms with Crippen LogP contribution in [-0.4, -0.2) is 30.0 Å². The van der Waals surface area contributed by atoms with Crippen molar-refractivity contribution in [2.75, 3.05) is 14.2 Å². The van der Waals surface area contributed by atoms with Gasteiger partial charge < -0.3 is 14.7 Å². The van der Waals surface area contributed by atoms with Gasteiger partial charge in [-0.1, -0.05) is 0 Å². The molecule has 0 atom stereocenters. The van der Waals surface area contributed by atoms with E-state index in [0.717, 1.165) is 6.20 Å². The molecule has 6 nitrogen and oxygen atoms in total. The molecule has 2 rings (SSSR count). The zero-order valence-corrected chi connectivity index (χ0v) is 9.84. The van der Waals surface area contributed by atoms with E-state index in [9.17, 15) is 9.59 Å². The third kappa shape index (κ3) is 1.77. The molecule has 0 aliphatic carbocycles. The summed E-state index contributed by atoms with van der Waals surface area (Å²) in [5.74, 6) is -0.737. The molecule has 0 radical (unpaired) electrons. The Hall–Kier alpha value is -2.50. The predicted octanol–water partition coefficient (Wildman–Crippen LogP) is 0.767. The highest BCUT2D eigenvalue weighted by Crippen LogP contribution is 2.18. The van der Waals surface area contributed by atoms with Gasteiger partial charge in [-0.15, -0.1) is 0 Å². The van der Waals surface area contributed by atoms with E-state index in [1.165, 1.54) is 25.0 Å². The lowest BCUT2D eigenvalue weighted by Gasteiger charge is -2.11. The number of pyridine rings is 1. The average Bonchev–Trinajstić information content (AvgIpc) is 2.38. The second-order valence-electron chi connectivity index (χ2n) is 3.57. The van der Waals surface area contributed by atoms with Gasteiger partial charge in [0.2, 0.25) is 5.43 Å². The minimum Gasteiger partial charge on any atom is -0.497 e. The Balaban J connectivity index is 2.88. The topological polar surface area (TPSA) is 77.8 Å². The normalized spacial score (nSPS) is 10.3. The van der Waals surface area contributed by atoms with Crippen LogP contribution >= 0.6 is 0 Å². The second-order valence-corrected chi connectivity index (χ2v) is 3.57. The van der Waals surface area contributed by atoms with E-state index in [2.05, 4.69) is 0 Å². The fourth-order valence-corrected chi connectivity index (χ4v) is 1.71. The van der Waals surface area contributed by atoms with Crippen LogP contribution in [0, 0.1) is 0 Å². The lowest BCUT2D eigenvalue weighted by molar-refractivity contribution is 0.0691. The summed E-state index contributed by atoms with van der Waals surface area (Å²) in [6, 6.07) is 4.71. The largest absolute Gasteiger partial charge is 0.497 e. The van der Waals surface area contributed by atoms with Gasteiger partial charge in [-0.25, -0.2) is 4.79 Å². The maximum absolute atomic E-state index is 11.9. The van der Waals surface area contributed by atoms with E-state index >= 15 is 0 Å². The van der Waals surface area contributed by atoms with Crippen LogP contribution in [0.3, 0.4) is 0 Å². The van der Waals surface area contributed by atoms with Crippen molar-refractivity contribution in [1.29, 1.82) is 0 Å². The van der Waals surface area contributed by atoms with E-state index in [1.54, 1.807) is 12.1 Å². The summed E-state index contributed by atoms with van der Waals surface area (Å²) in [6.45, 7) is 0. The van der Waals surface area contributed by atoms with Crippen molar-refractivity contribution >= 4 is 16.9 Å². The fourth-order valence-electron chi connectivity index (χ4n) is 1.71. The van der Waals surface area contributed by atoms with Crippen molar-refractivity contribution in [2.24, 2.45) is 0 Å². The minimum absolute atomic E-state index is 0.262. The van der Waals surface area contributed by atoms with Crippen molar-refractivity contribution in [3.05, 3.63) is 40.2 Å². The van der Waals surface area contributed by atoms with E-state index in [-0.39, 0.29) is 10.9 Å². The molecule has 1 aromatic heterocycles. The van der Waals surface area contributed by atoms with Crippen LogP contribution in [0.1, 0.15) is 10.4 Å². The molecule has 6 heteroatoms. The fraction of sp³-hybridized carbons (Fsp3) is 0.167. The molecule has 0 fully saturated rings. The van der Waals surface area contributed by atoms with Crippen molar-refractivity contribution in [1.82, 2.24) is 4.73 Å². The summed E-state index contributed by atoms with van der Waals surface area (Å²) in [6.07, 6.45) is 1.15. The number of methoxy groups -OCH3 is 1. The first kappa shape index (κ1) is 12.0. The van der Waals surface area contributed by atoms with Crippen molar-refractivity contribution < 1.29 is 19.5 Å². The first-order valence-electron chi connectivity index (χ1n) is 5.09. The zero-order valence-electron chi connectivity index (χ0n) is 9.84. The van der Waals surface area contributed by atoms with E-state index in [1.807, 2.05) is 0 Å². The van der Waals surface area contributed by atoms with Gasteiger partial charge in [-0.2, -0.15) is 4.73 Å². The molecule has 1 heterocycles. The highest BCUT2D eigenvalue weighted by atomic mass is 16.6. The quantitative estimate of drug-likeness (QED) is 0.869. The van der Waals surface area contributed by atoms with Crippen molar-refractivity contribution in [2.45, 2.75) is 0 Å². The number of rotatable bonds is 3. The number of carboxylic acid groups (broad SMARTS) is 1. The summed E-state index contributed by atoms with van der Waals surface area (Å²) in [5.41, 5.74) is -0.435. The number of nitrogens with zero attached hydrogens (tertiary/aromatic N) is 1. The molecule has 0 saturated heterocycles. The van der Waals surface area contributed by atoms with Crippen LogP contribution in [0.2, 0.25) is 0 Å². The molecule has 1 aromatic carbocycles. The van der Waals surface area contributed by atoms with Gasteiger partial charge >= 0.3 is 5.97 Å². The molecule has 0 aliphatic rings. The van der Waals surface area contributed by atoms with Crippen LogP contribution in [0.4, 0.5) is 0 Å². The third-order valence-electron chi connectivity index (χ3n) is 2.61. The number of benzene rings is 1. The summed E-state index contributed by atoms with van der Waals surface area (Å²) >= 11 is 0. The third-order valence-corrected chi connectivity index (χ3v) is 2.61. The number of carboxylic acids is 1.